The number of anilines is 2. The van der Waals surface area contributed by atoms with Gasteiger partial charge in [-0.15, -0.1) is 0 Å². The molecule has 3 heterocycles. The number of nitrogens with zero attached hydrogens (tertiary/aromatic N) is 3. The molecule has 0 saturated heterocycles. The number of benzene rings is 1. The number of hydrogen-bond acceptors (Lipinski definition) is 6. The van der Waals surface area contributed by atoms with Crippen molar-refractivity contribution in [2.45, 2.75) is 19.8 Å². The fraction of sp³-hybridized carbons (Fsp3) is 0.120. The maximum atomic E-state index is 7.40. The van der Waals surface area contributed by atoms with Crippen LogP contribution in [0.4, 0.5) is 11.5 Å². The molecule has 0 aliphatic heterocycles. The molecule has 0 unspecified atom stereocenters. The summed E-state index contributed by atoms with van der Waals surface area (Å²) in [5.41, 5.74) is 9.81. The zero-order chi connectivity index (χ0) is 22.3. The average molecular weight is 425 g/mol. The maximum absolute atomic E-state index is 7.40. The molecule has 0 atom stereocenters. The Morgan fingerprint density at radius 1 is 1.00 bits per heavy atom. The lowest BCUT2D eigenvalue weighted by Gasteiger charge is -2.12. The van der Waals surface area contributed by atoms with E-state index in [1.165, 1.54) is 0 Å². The van der Waals surface area contributed by atoms with Crippen LogP contribution in [0, 0.1) is 12.3 Å². The summed E-state index contributed by atoms with van der Waals surface area (Å²) in [5, 5.41) is 10.7. The number of ether oxygens (including phenoxy) is 1. The highest BCUT2D eigenvalue weighted by Crippen LogP contribution is 2.32. The Labute approximate surface area is 186 Å². The number of aromatic nitrogens is 3. The van der Waals surface area contributed by atoms with E-state index in [4.69, 9.17) is 15.9 Å². The van der Waals surface area contributed by atoms with Gasteiger partial charge >= 0.3 is 0 Å². The molecule has 7 nitrogen and oxygen atoms in total. The van der Waals surface area contributed by atoms with Crippen molar-refractivity contribution in [2.24, 2.45) is 5.73 Å². The molecule has 4 N–H and O–H groups in total. The highest BCUT2D eigenvalue weighted by Gasteiger charge is 2.11. The van der Waals surface area contributed by atoms with Gasteiger partial charge in [-0.1, -0.05) is 18.2 Å². The third-order valence-corrected chi connectivity index (χ3v) is 4.75. The number of amidine groups is 1. The third-order valence-electron chi connectivity index (χ3n) is 4.75. The molecular formula is C25H24N6O. The Balaban J connectivity index is 1.54. The number of nitrogens with two attached hydrogens (primary N) is 1. The van der Waals surface area contributed by atoms with Crippen molar-refractivity contribution in [1.82, 2.24) is 15.0 Å². The van der Waals surface area contributed by atoms with Crippen molar-refractivity contribution >= 4 is 17.3 Å². The summed E-state index contributed by atoms with van der Waals surface area (Å²) in [5.74, 6) is 2.10. The standard InChI is InChI=1S/C25H24N6O/c1-17-8-10-22(25(30-17)21-7-2-3-13-28-21)32-20-12-14-29-24(16-20)31-19-6-4-5-18(15-19)9-11-23(26)27/h2-8,10,12-16H,9,11H2,1H3,(H3,26,27)(H,29,31). The van der Waals surface area contributed by atoms with E-state index in [0.29, 0.717) is 29.4 Å². The van der Waals surface area contributed by atoms with Gasteiger partial charge in [-0.2, -0.15) is 0 Å². The topological polar surface area (TPSA) is 110 Å². The van der Waals surface area contributed by atoms with Crippen molar-refractivity contribution in [3.05, 3.63) is 90.4 Å². The number of nitrogens with one attached hydrogen (secondary N) is 2. The molecule has 32 heavy (non-hydrogen) atoms. The number of rotatable bonds is 8. The Hall–Kier alpha value is -4.26. The number of pyridine rings is 3. The van der Waals surface area contributed by atoms with Crippen molar-refractivity contribution < 1.29 is 4.74 Å². The molecule has 0 radical (unpaired) electrons. The van der Waals surface area contributed by atoms with E-state index in [9.17, 15) is 0 Å². The molecular weight excluding hydrogens is 400 g/mol. The summed E-state index contributed by atoms with van der Waals surface area (Å²) < 4.78 is 6.17. The molecule has 0 fully saturated rings. The Bertz CT molecular complexity index is 1230. The first-order valence-corrected chi connectivity index (χ1v) is 10.3. The predicted octanol–water partition coefficient (Wildman–Crippen LogP) is 5.25. The van der Waals surface area contributed by atoms with Gasteiger partial charge in [0.1, 0.15) is 17.3 Å². The molecule has 7 heteroatoms. The SMILES string of the molecule is Cc1ccc(Oc2ccnc(Nc3cccc(CCC(=N)N)c3)c2)c(-c2ccccn2)n1. The average Bonchev–Trinajstić information content (AvgIpc) is 2.80. The summed E-state index contributed by atoms with van der Waals surface area (Å²) in [6.07, 6.45) is 4.69. The number of aryl methyl sites for hydroxylation is 2. The van der Waals surface area contributed by atoms with Gasteiger partial charge < -0.3 is 15.8 Å². The smallest absolute Gasteiger partial charge is 0.155 e. The van der Waals surface area contributed by atoms with E-state index in [1.807, 2.05) is 67.6 Å². The van der Waals surface area contributed by atoms with Crippen LogP contribution in [-0.4, -0.2) is 20.8 Å². The van der Waals surface area contributed by atoms with Crippen LogP contribution in [0.15, 0.2) is 79.1 Å². The Morgan fingerprint density at radius 3 is 2.72 bits per heavy atom. The molecule has 1 aromatic carbocycles. The lowest BCUT2D eigenvalue weighted by Crippen LogP contribution is -2.10. The van der Waals surface area contributed by atoms with Gasteiger partial charge in [0.05, 0.1) is 11.5 Å². The van der Waals surface area contributed by atoms with Crippen molar-refractivity contribution in [1.29, 1.82) is 5.41 Å². The van der Waals surface area contributed by atoms with Crippen molar-refractivity contribution in [2.75, 3.05) is 5.32 Å². The second kappa shape index (κ2) is 9.70. The van der Waals surface area contributed by atoms with Gasteiger partial charge in [0.15, 0.2) is 5.75 Å². The first-order valence-electron chi connectivity index (χ1n) is 10.3. The highest BCUT2D eigenvalue weighted by atomic mass is 16.5. The van der Waals surface area contributed by atoms with E-state index in [0.717, 1.165) is 29.1 Å². The van der Waals surface area contributed by atoms with Gasteiger partial charge in [0, 0.05) is 36.3 Å². The third kappa shape index (κ3) is 5.46. The quantitative estimate of drug-likeness (QED) is 0.263. The van der Waals surface area contributed by atoms with Gasteiger partial charge in [0.25, 0.3) is 0 Å². The van der Waals surface area contributed by atoms with Crippen LogP contribution in [0.2, 0.25) is 0 Å². The van der Waals surface area contributed by atoms with E-state index < -0.39 is 0 Å². The molecule has 0 spiro atoms. The van der Waals surface area contributed by atoms with Gasteiger partial charge in [-0.25, -0.2) is 9.97 Å². The molecule has 3 aromatic heterocycles. The van der Waals surface area contributed by atoms with Crippen molar-refractivity contribution in [3.63, 3.8) is 0 Å². The lowest BCUT2D eigenvalue weighted by atomic mass is 10.1. The predicted molar refractivity (Wildman–Crippen MR) is 126 cm³/mol. The minimum atomic E-state index is 0.186. The molecule has 0 aliphatic rings. The van der Waals surface area contributed by atoms with E-state index in [1.54, 1.807) is 18.5 Å². The molecule has 0 aliphatic carbocycles. The van der Waals surface area contributed by atoms with E-state index >= 15 is 0 Å². The summed E-state index contributed by atoms with van der Waals surface area (Å²) in [4.78, 5) is 13.4. The fourth-order valence-corrected chi connectivity index (χ4v) is 3.21. The van der Waals surface area contributed by atoms with Crippen molar-refractivity contribution in [3.8, 4) is 22.9 Å². The minimum absolute atomic E-state index is 0.186. The summed E-state index contributed by atoms with van der Waals surface area (Å²) in [6, 6.07) is 21.1. The second-order valence-electron chi connectivity index (χ2n) is 7.34. The largest absolute Gasteiger partial charge is 0.455 e. The first-order chi connectivity index (χ1) is 15.6. The zero-order valence-corrected chi connectivity index (χ0v) is 17.7. The Morgan fingerprint density at radius 2 is 1.91 bits per heavy atom. The monoisotopic (exact) mass is 424 g/mol. The molecule has 0 saturated carbocycles. The van der Waals surface area contributed by atoms with Gasteiger partial charge in [0.2, 0.25) is 0 Å². The minimum Gasteiger partial charge on any atom is -0.455 e. The van der Waals surface area contributed by atoms with Gasteiger partial charge in [-0.3, -0.25) is 10.4 Å². The van der Waals surface area contributed by atoms with E-state index in [-0.39, 0.29) is 5.84 Å². The lowest BCUT2D eigenvalue weighted by molar-refractivity contribution is 0.481. The molecule has 4 aromatic rings. The fourth-order valence-electron chi connectivity index (χ4n) is 3.21. The van der Waals surface area contributed by atoms with Gasteiger partial charge in [-0.05, 0) is 61.4 Å². The zero-order valence-electron chi connectivity index (χ0n) is 17.7. The summed E-state index contributed by atoms with van der Waals surface area (Å²) >= 11 is 0. The van der Waals surface area contributed by atoms with E-state index in [2.05, 4.69) is 20.3 Å². The van der Waals surface area contributed by atoms with Crippen LogP contribution in [0.3, 0.4) is 0 Å². The van der Waals surface area contributed by atoms with Crippen LogP contribution in [0.25, 0.3) is 11.4 Å². The number of hydrogen-bond donors (Lipinski definition) is 3. The molecule has 160 valence electrons. The highest BCUT2D eigenvalue weighted by molar-refractivity contribution is 5.77. The summed E-state index contributed by atoms with van der Waals surface area (Å²) in [6.45, 7) is 1.94. The Kier molecular flexibility index (Phi) is 6.36. The van der Waals surface area contributed by atoms with Crippen LogP contribution >= 0.6 is 0 Å². The van der Waals surface area contributed by atoms with Crippen LogP contribution < -0.4 is 15.8 Å². The van der Waals surface area contributed by atoms with Crippen LogP contribution in [-0.2, 0) is 6.42 Å². The molecule has 0 bridgehead atoms. The van der Waals surface area contributed by atoms with Crippen LogP contribution in [0.5, 0.6) is 11.5 Å². The first kappa shape index (κ1) is 21.0. The van der Waals surface area contributed by atoms with Crippen LogP contribution in [0.1, 0.15) is 17.7 Å². The molecule has 0 amide bonds. The maximum Gasteiger partial charge on any atom is 0.155 e. The normalized spacial score (nSPS) is 10.5. The molecule has 4 rings (SSSR count). The second-order valence-corrected chi connectivity index (χ2v) is 7.34. The summed E-state index contributed by atoms with van der Waals surface area (Å²) in [7, 11) is 0.